The molecular formula is C31H39N3OS. The maximum absolute atomic E-state index is 13.3. The van der Waals surface area contributed by atoms with Crippen LogP contribution < -0.4 is 5.73 Å². The number of hydrogen-bond acceptors (Lipinski definition) is 4. The number of primary amides is 1. The van der Waals surface area contributed by atoms with Crippen LogP contribution in [0.25, 0.3) is 0 Å². The molecule has 3 heterocycles. The summed E-state index contributed by atoms with van der Waals surface area (Å²) in [5, 5.41) is 0. The fourth-order valence-corrected chi connectivity index (χ4v) is 7.27. The first-order valence-corrected chi connectivity index (χ1v) is 14.4. The Kier molecular flexibility index (Phi) is 8.20. The van der Waals surface area contributed by atoms with Gasteiger partial charge in [-0.3, -0.25) is 4.79 Å². The molecule has 0 radical (unpaired) electrons. The number of nitrogens with zero attached hydrogens (tertiary/aromatic N) is 2. The van der Waals surface area contributed by atoms with Crippen molar-refractivity contribution in [3.63, 3.8) is 0 Å². The van der Waals surface area contributed by atoms with E-state index in [4.69, 9.17) is 5.73 Å². The second-order valence-corrected chi connectivity index (χ2v) is 11.7. The highest BCUT2D eigenvalue weighted by molar-refractivity contribution is 7.11. The smallest absolute Gasteiger partial charge is 0.232 e. The van der Waals surface area contributed by atoms with E-state index in [0.717, 1.165) is 50.0 Å². The van der Waals surface area contributed by atoms with Crippen molar-refractivity contribution in [1.29, 1.82) is 0 Å². The molecule has 1 aromatic heterocycles. The van der Waals surface area contributed by atoms with E-state index in [0.29, 0.717) is 0 Å². The SMILES string of the molecule is NC(=O)C(c1ccccc1)(c1ccccc1)C1CCN(CCCc2ccc(CCCN3CCC3)s2)C1. The number of aryl methyl sites for hydroxylation is 2. The van der Waals surface area contributed by atoms with Gasteiger partial charge in [0.25, 0.3) is 0 Å². The normalized spacial score (nSPS) is 18.8. The van der Waals surface area contributed by atoms with Crippen LogP contribution in [0.5, 0.6) is 0 Å². The highest BCUT2D eigenvalue weighted by atomic mass is 32.1. The van der Waals surface area contributed by atoms with Gasteiger partial charge in [-0.25, -0.2) is 0 Å². The molecule has 2 aliphatic rings. The monoisotopic (exact) mass is 501 g/mol. The Labute approximate surface area is 220 Å². The maximum Gasteiger partial charge on any atom is 0.232 e. The fraction of sp³-hybridized carbons (Fsp3) is 0.452. The summed E-state index contributed by atoms with van der Waals surface area (Å²) < 4.78 is 0. The summed E-state index contributed by atoms with van der Waals surface area (Å²) in [6.07, 6.45) is 7.13. The molecule has 1 amide bonds. The van der Waals surface area contributed by atoms with Crippen molar-refractivity contribution in [2.45, 2.75) is 43.9 Å². The molecular weight excluding hydrogens is 462 g/mol. The summed E-state index contributed by atoms with van der Waals surface area (Å²) in [5.41, 5.74) is 7.47. The van der Waals surface area contributed by atoms with E-state index < -0.39 is 5.41 Å². The molecule has 2 fully saturated rings. The lowest BCUT2D eigenvalue weighted by atomic mass is 9.64. The Morgan fingerprint density at radius 1 is 0.806 bits per heavy atom. The molecule has 0 bridgehead atoms. The minimum Gasteiger partial charge on any atom is -0.369 e. The Hall–Kier alpha value is -2.47. The number of thiophene rings is 1. The van der Waals surface area contributed by atoms with E-state index in [1.54, 1.807) is 0 Å². The van der Waals surface area contributed by atoms with Crippen molar-refractivity contribution >= 4 is 17.2 Å². The third kappa shape index (κ3) is 5.44. The van der Waals surface area contributed by atoms with Gasteiger partial charge in [0, 0.05) is 16.3 Å². The fourth-order valence-electron chi connectivity index (χ4n) is 6.17. The Morgan fingerprint density at radius 2 is 1.36 bits per heavy atom. The number of benzene rings is 2. The minimum atomic E-state index is -0.796. The van der Waals surface area contributed by atoms with Crippen molar-refractivity contribution in [3.8, 4) is 0 Å². The Morgan fingerprint density at radius 3 is 1.86 bits per heavy atom. The van der Waals surface area contributed by atoms with Gasteiger partial charge in [-0.1, -0.05) is 60.7 Å². The van der Waals surface area contributed by atoms with Crippen LogP contribution in [0.1, 0.15) is 46.6 Å². The number of carbonyl (C=O) groups is 1. The van der Waals surface area contributed by atoms with Crippen molar-refractivity contribution in [2.24, 2.45) is 11.7 Å². The van der Waals surface area contributed by atoms with E-state index in [9.17, 15) is 4.79 Å². The first-order chi connectivity index (χ1) is 17.7. The molecule has 3 aromatic rings. The van der Waals surface area contributed by atoms with E-state index in [2.05, 4.69) is 46.2 Å². The van der Waals surface area contributed by atoms with E-state index in [-0.39, 0.29) is 11.8 Å². The third-order valence-electron chi connectivity index (χ3n) is 8.19. The van der Waals surface area contributed by atoms with Crippen molar-refractivity contribution in [1.82, 2.24) is 9.80 Å². The van der Waals surface area contributed by atoms with Crippen molar-refractivity contribution in [2.75, 3.05) is 39.3 Å². The molecule has 5 heteroatoms. The number of likely N-dealkylation sites (tertiary alicyclic amines) is 2. The molecule has 2 aliphatic heterocycles. The summed E-state index contributed by atoms with van der Waals surface area (Å²) in [6, 6.07) is 25.0. The van der Waals surface area contributed by atoms with E-state index in [1.165, 1.54) is 48.7 Å². The minimum absolute atomic E-state index is 0.166. The molecule has 190 valence electrons. The molecule has 36 heavy (non-hydrogen) atoms. The molecule has 0 aliphatic carbocycles. The molecule has 2 N–H and O–H groups in total. The Balaban J connectivity index is 1.19. The van der Waals surface area contributed by atoms with Gasteiger partial charge in [-0.05, 0) is 100 Å². The van der Waals surface area contributed by atoms with Gasteiger partial charge in [0.2, 0.25) is 5.91 Å². The molecule has 1 unspecified atom stereocenters. The number of carbonyl (C=O) groups excluding carboxylic acids is 1. The highest BCUT2D eigenvalue weighted by Gasteiger charge is 2.49. The van der Waals surface area contributed by atoms with Crippen LogP contribution in [0.15, 0.2) is 72.8 Å². The van der Waals surface area contributed by atoms with Crippen LogP contribution in [0.3, 0.4) is 0 Å². The lowest BCUT2D eigenvalue weighted by molar-refractivity contribution is -0.123. The van der Waals surface area contributed by atoms with Crippen LogP contribution in [-0.2, 0) is 23.1 Å². The van der Waals surface area contributed by atoms with Crippen LogP contribution >= 0.6 is 11.3 Å². The topological polar surface area (TPSA) is 49.6 Å². The van der Waals surface area contributed by atoms with Gasteiger partial charge in [0.1, 0.15) is 5.41 Å². The van der Waals surface area contributed by atoms with Gasteiger partial charge < -0.3 is 15.5 Å². The first-order valence-electron chi connectivity index (χ1n) is 13.6. The molecule has 2 saturated heterocycles. The van der Waals surface area contributed by atoms with E-state index in [1.807, 2.05) is 47.7 Å². The van der Waals surface area contributed by atoms with Gasteiger partial charge in [-0.15, -0.1) is 11.3 Å². The summed E-state index contributed by atoms with van der Waals surface area (Å²) >= 11 is 2.00. The average molecular weight is 502 g/mol. The zero-order chi connectivity index (χ0) is 24.8. The molecule has 1 atom stereocenters. The predicted molar refractivity (Wildman–Crippen MR) is 149 cm³/mol. The highest BCUT2D eigenvalue weighted by Crippen LogP contribution is 2.43. The lowest BCUT2D eigenvalue weighted by Crippen LogP contribution is -2.49. The van der Waals surface area contributed by atoms with Gasteiger partial charge >= 0.3 is 0 Å². The maximum atomic E-state index is 13.3. The third-order valence-corrected chi connectivity index (χ3v) is 9.40. The summed E-state index contributed by atoms with van der Waals surface area (Å²) in [6.45, 7) is 6.83. The molecule has 4 nitrogen and oxygen atoms in total. The van der Waals surface area contributed by atoms with Crippen LogP contribution in [0, 0.1) is 5.92 Å². The summed E-state index contributed by atoms with van der Waals surface area (Å²) in [4.78, 5) is 21.4. The van der Waals surface area contributed by atoms with Crippen LogP contribution in [0.4, 0.5) is 0 Å². The van der Waals surface area contributed by atoms with Crippen molar-refractivity contribution in [3.05, 3.63) is 93.7 Å². The summed E-state index contributed by atoms with van der Waals surface area (Å²) in [5.74, 6) is -0.0773. The quantitative estimate of drug-likeness (QED) is 0.375. The predicted octanol–water partition coefficient (Wildman–Crippen LogP) is 5.11. The number of hydrogen-bond donors (Lipinski definition) is 1. The molecule has 5 rings (SSSR count). The van der Waals surface area contributed by atoms with Gasteiger partial charge in [0.15, 0.2) is 0 Å². The number of nitrogens with two attached hydrogens (primary N) is 1. The molecule has 0 saturated carbocycles. The summed E-state index contributed by atoms with van der Waals surface area (Å²) in [7, 11) is 0. The lowest BCUT2D eigenvalue weighted by Gasteiger charge is -2.37. The number of rotatable bonds is 12. The van der Waals surface area contributed by atoms with Crippen LogP contribution in [0.2, 0.25) is 0 Å². The number of amides is 1. The van der Waals surface area contributed by atoms with Crippen LogP contribution in [-0.4, -0.2) is 55.0 Å². The second-order valence-electron chi connectivity index (χ2n) is 10.5. The zero-order valence-corrected chi connectivity index (χ0v) is 22.1. The zero-order valence-electron chi connectivity index (χ0n) is 21.3. The Bertz CT molecular complexity index is 1070. The standard InChI is InChI=1S/C31H39N3OS/c32-30(35)31(25-10-3-1-4-11-25,26-12-5-2-6-13-26)27-18-23-34(24-27)20-8-15-29-17-16-28(36-29)14-7-19-33-21-9-22-33/h1-6,10-13,16-17,27H,7-9,14-15,18-24H2,(H2,32,35). The van der Waals surface area contributed by atoms with E-state index >= 15 is 0 Å². The largest absolute Gasteiger partial charge is 0.369 e. The second kappa shape index (κ2) is 11.7. The first kappa shape index (κ1) is 25.2. The van der Waals surface area contributed by atoms with Gasteiger partial charge in [-0.2, -0.15) is 0 Å². The molecule has 2 aromatic carbocycles. The average Bonchev–Trinajstić information content (AvgIpc) is 3.53. The molecule has 0 spiro atoms. The van der Waals surface area contributed by atoms with Gasteiger partial charge in [0.05, 0.1) is 0 Å². The van der Waals surface area contributed by atoms with Crippen molar-refractivity contribution < 1.29 is 4.79 Å².